The van der Waals surface area contributed by atoms with Crippen LogP contribution in [0.3, 0.4) is 0 Å². The topological polar surface area (TPSA) is 58.6 Å². The van der Waals surface area contributed by atoms with Crippen LogP contribution in [0.1, 0.15) is 26.1 Å². The first-order chi connectivity index (χ1) is 6.68. The third-order valence-electron chi connectivity index (χ3n) is 1.85. The molecule has 0 bridgehead atoms. The molecule has 0 unspecified atom stereocenters. The summed E-state index contributed by atoms with van der Waals surface area (Å²) in [6.45, 7) is 3.73. The molecular weight excluding hydrogens is 198 g/mol. The van der Waals surface area contributed by atoms with Crippen LogP contribution >= 0.6 is 11.3 Å². The predicted molar refractivity (Wildman–Crippen MR) is 53.6 cm³/mol. The van der Waals surface area contributed by atoms with Crippen LogP contribution in [0.25, 0.3) is 0 Å². The molecular formula is C9H9N3OS. The zero-order chi connectivity index (χ0) is 10.1. The number of H-pyrrole nitrogens is 1. The maximum Gasteiger partial charge on any atom is 0.222 e. The Hall–Kier alpha value is -1.49. The zero-order valence-corrected chi connectivity index (χ0v) is 8.68. The summed E-state index contributed by atoms with van der Waals surface area (Å²) in [5.41, 5.74) is 1.30. The molecule has 0 aliphatic carbocycles. The van der Waals surface area contributed by atoms with Gasteiger partial charge < -0.3 is 4.98 Å². The summed E-state index contributed by atoms with van der Waals surface area (Å²) < 4.78 is 0. The average Bonchev–Trinajstić information content (AvgIpc) is 2.73. The molecule has 72 valence electrons. The molecule has 2 rings (SSSR count). The fourth-order valence-corrected chi connectivity index (χ4v) is 2.12. The molecule has 0 aliphatic heterocycles. The minimum atomic E-state index is -0.0365. The van der Waals surface area contributed by atoms with Crippen LogP contribution < -0.4 is 0 Å². The van der Waals surface area contributed by atoms with Crippen molar-refractivity contribution in [2.75, 3.05) is 0 Å². The van der Waals surface area contributed by atoms with E-state index < -0.39 is 0 Å². The third-order valence-corrected chi connectivity index (χ3v) is 2.92. The second-order valence-electron chi connectivity index (χ2n) is 2.94. The number of ketones is 1. The maximum atomic E-state index is 11.8. The Morgan fingerprint density at radius 2 is 2.29 bits per heavy atom. The van der Waals surface area contributed by atoms with E-state index in [9.17, 15) is 4.79 Å². The van der Waals surface area contributed by atoms with Gasteiger partial charge in [0.2, 0.25) is 5.78 Å². The summed E-state index contributed by atoms with van der Waals surface area (Å²) in [5, 5.41) is 0.908. The van der Waals surface area contributed by atoms with Crippen LogP contribution in [-0.2, 0) is 0 Å². The van der Waals surface area contributed by atoms with Crippen LogP contribution in [0, 0.1) is 13.8 Å². The lowest BCUT2D eigenvalue weighted by atomic mass is 10.2. The Labute approximate surface area is 85.0 Å². The first-order valence-corrected chi connectivity index (χ1v) is 4.97. The van der Waals surface area contributed by atoms with E-state index in [4.69, 9.17) is 0 Å². The van der Waals surface area contributed by atoms with Gasteiger partial charge in [0.1, 0.15) is 5.69 Å². The maximum absolute atomic E-state index is 11.8. The molecule has 14 heavy (non-hydrogen) atoms. The number of aryl methyl sites for hydroxylation is 2. The largest absolute Gasteiger partial charge is 0.342 e. The van der Waals surface area contributed by atoms with Gasteiger partial charge in [-0.25, -0.2) is 9.97 Å². The molecule has 0 aromatic carbocycles. The summed E-state index contributed by atoms with van der Waals surface area (Å²) in [5.74, 6) is -0.0365. The average molecular weight is 207 g/mol. The molecule has 0 spiro atoms. The van der Waals surface area contributed by atoms with Gasteiger partial charge in [-0.2, -0.15) is 0 Å². The number of carbonyl (C=O) groups excluding carboxylic acids is 1. The molecule has 4 nitrogen and oxygen atoms in total. The molecule has 1 N–H and O–H groups in total. The number of imidazole rings is 1. The van der Waals surface area contributed by atoms with Crippen LogP contribution in [0.15, 0.2) is 12.5 Å². The third kappa shape index (κ3) is 1.46. The van der Waals surface area contributed by atoms with Crippen LogP contribution in [0.2, 0.25) is 0 Å². The normalized spacial score (nSPS) is 10.4. The molecule has 0 fully saturated rings. The first-order valence-electron chi connectivity index (χ1n) is 4.15. The van der Waals surface area contributed by atoms with Gasteiger partial charge in [0.15, 0.2) is 0 Å². The summed E-state index contributed by atoms with van der Waals surface area (Å²) in [7, 11) is 0. The molecule has 2 aromatic heterocycles. The predicted octanol–water partition coefficient (Wildman–Crippen LogP) is 1.71. The molecule has 0 saturated heterocycles. The van der Waals surface area contributed by atoms with Gasteiger partial charge in [-0.15, -0.1) is 11.3 Å². The van der Waals surface area contributed by atoms with E-state index in [-0.39, 0.29) is 5.78 Å². The van der Waals surface area contributed by atoms with Crippen molar-refractivity contribution in [3.8, 4) is 0 Å². The van der Waals surface area contributed by atoms with Crippen molar-refractivity contribution in [2.24, 2.45) is 0 Å². The van der Waals surface area contributed by atoms with Gasteiger partial charge in [0.05, 0.1) is 28.1 Å². The Kier molecular flexibility index (Phi) is 2.17. The molecule has 0 amide bonds. The van der Waals surface area contributed by atoms with Crippen LogP contribution in [-0.4, -0.2) is 20.7 Å². The van der Waals surface area contributed by atoms with Gasteiger partial charge >= 0.3 is 0 Å². The quantitative estimate of drug-likeness (QED) is 0.763. The number of nitrogens with zero attached hydrogens (tertiary/aromatic N) is 2. The van der Waals surface area contributed by atoms with E-state index >= 15 is 0 Å². The van der Waals surface area contributed by atoms with E-state index in [0.29, 0.717) is 10.6 Å². The number of nitrogens with one attached hydrogen (secondary N) is 1. The van der Waals surface area contributed by atoms with Gasteiger partial charge in [-0.3, -0.25) is 4.79 Å². The number of aromatic amines is 1. The molecule has 2 heterocycles. The number of hydrogen-bond acceptors (Lipinski definition) is 4. The molecule has 0 atom stereocenters. The van der Waals surface area contributed by atoms with Crippen LogP contribution in [0.4, 0.5) is 0 Å². The number of hydrogen-bond donors (Lipinski definition) is 1. The smallest absolute Gasteiger partial charge is 0.222 e. The minimum Gasteiger partial charge on any atom is -0.342 e. The zero-order valence-electron chi connectivity index (χ0n) is 7.87. The van der Waals surface area contributed by atoms with Crippen molar-refractivity contribution in [3.63, 3.8) is 0 Å². The van der Waals surface area contributed by atoms with Gasteiger partial charge in [0.25, 0.3) is 0 Å². The summed E-state index contributed by atoms with van der Waals surface area (Å²) in [6.07, 6.45) is 3.02. The lowest BCUT2D eigenvalue weighted by molar-refractivity contribution is 0.103. The highest BCUT2D eigenvalue weighted by molar-refractivity contribution is 7.13. The Morgan fingerprint density at radius 1 is 1.50 bits per heavy atom. The van der Waals surface area contributed by atoms with Crippen molar-refractivity contribution in [1.29, 1.82) is 0 Å². The van der Waals surface area contributed by atoms with Crippen molar-refractivity contribution in [3.05, 3.63) is 33.8 Å². The van der Waals surface area contributed by atoms with Gasteiger partial charge in [-0.1, -0.05) is 0 Å². The number of thiazole rings is 1. The molecule has 5 heteroatoms. The first kappa shape index (κ1) is 9.08. The van der Waals surface area contributed by atoms with E-state index in [1.165, 1.54) is 23.9 Å². The number of rotatable bonds is 2. The molecule has 2 aromatic rings. The second-order valence-corrected chi connectivity index (χ2v) is 4.15. The molecule has 0 radical (unpaired) electrons. The molecule has 0 aliphatic rings. The fraction of sp³-hybridized carbons (Fsp3) is 0.222. The monoisotopic (exact) mass is 207 g/mol. The van der Waals surface area contributed by atoms with Gasteiger partial charge in [0, 0.05) is 0 Å². The fourth-order valence-electron chi connectivity index (χ4n) is 1.24. The standard InChI is InChI=1S/C9H9N3OS/c1-5-9(14-6(2)12-5)8(13)7-3-10-4-11-7/h3-4H,1-2H3,(H,10,11). The van der Waals surface area contributed by atoms with E-state index in [1.54, 1.807) is 0 Å². The summed E-state index contributed by atoms with van der Waals surface area (Å²) >= 11 is 1.41. The SMILES string of the molecule is Cc1nc(C)c(C(=O)c2cnc[nH]2)s1. The summed E-state index contributed by atoms with van der Waals surface area (Å²) in [4.78, 5) is 23.3. The Bertz CT molecular complexity index is 458. The van der Waals surface area contributed by atoms with E-state index in [1.807, 2.05) is 13.8 Å². The van der Waals surface area contributed by atoms with Crippen molar-refractivity contribution in [1.82, 2.24) is 15.0 Å². The van der Waals surface area contributed by atoms with Crippen molar-refractivity contribution >= 4 is 17.1 Å². The highest BCUT2D eigenvalue weighted by atomic mass is 32.1. The Morgan fingerprint density at radius 3 is 2.79 bits per heavy atom. The lowest BCUT2D eigenvalue weighted by Crippen LogP contribution is -2.00. The highest BCUT2D eigenvalue weighted by Crippen LogP contribution is 2.19. The highest BCUT2D eigenvalue weighted by Gasteiger charge is 2.16. The van der Waals surface area contributed by atoms with Crippen LogP contribution in [0.5, 0.6) is 0 Å². The lowest BCUT2D eigenvalue weighted by Gasteiger charge is -1.93. The Balaban J connectivity index is 2.41. The number of carbonyl (C=O) groups is 1. The molecule has 0 saturated carbocycles. The number of aromatic nitrogens is 3. The summed E-state index contributed by atoms with van der Waals surface area (Å²) in [6, 6.07) is 0. The van der Waals surface area contributed by atoms with Crippen molar-refractivity contribution < 1.29 is 4.79 Å². The van der Waals surface area contributed by atoms with Crippen molar-refractivity contribution in [2.45, 2.75) is 13.8 Å². The minimum absolute atomic E-state index is 0.0365. The van der Waals surface area contributed by atoms with Gasteiger partial charge in [-0.05, 0) is 13.8 Å². The van der Waals surface area contributed by atoms with E-state index in [2.05, 4.69) is 15.0 Å². The second kappa shape index (κ2) is 3.34. The van der Waals surface area contributed by atoms with E-state index in [0.717, 1.165) is 10.7 Å².